The van der Waals surface area contributed by atoms with Gasteiger partial charge in [-0.05, 0) is 74.2 Å². The molecule has 2 aliphatic rings. The van der Waals surface area contributed by atoms with Gasteiger partial charge in [0.15, 0.2) is 0 Å². The third kappa shape index (κ3) is 5.07. The van der Waals surface area contributed by atoms with Crippen molar-refractivity contribution in [3.05, 3.63) is 47.3 Å². The van der Waals surface area contributed by atoms with Crippen LogP contribution in [-0.4, -0.2) is 42.4 Å². The standard InChI is InChI=1S/C26H35N3O2S/c1-18(27-2)25(30)28-24(19-9-4-3-5-10-19)26(31)29-15-7-13-22(29)20-11-6-12-21(17-20)23-14-8-16-32-23/h6,8,11-12,14,16-19,22,24,27H,3-5,7,9-10,13,15H2,1-2H3,(H,28,30)/t18-,22+,24-/m0/s1. The van der Waals surface area contributed by atoms with Crippen LogP contribution in [0.15, 0.2) is 41.8 Å². The molecule has 3 atom stereocenters. The third-order valence-corrected chi connectivity index (χ3v) is 8.04. The minimum atomic E-state index is -0.431. The van der Waals surface area contributed by atoms with Gasteiger partial charge in [-0.3, -0.25) is 9.59 Å². The predicted octanol–water partition coefficient (Wildman–Crippen LogP) is 4.75. The molecule has 1 aliphatic heterocycles. The van der Waals surface area contributed by atoms with Gasteiger partial charge in [-0.15, -0.1) is 11.3 Å². The van der Waals surface area contributed by atoms with Crippen molar-refractivity contribution in [3.8, 4) is 10.4 Å². The number of hydrogen-bond donors (Lipinski definition) is 2. The van der Waals surface area contributed by atoms with Gasteiger partial charge in [0.2, 0.25) is 11.8 Å². The number of nitrogens with zero attached hydrogens (tertiary/aromatic N) is 1. The molecule has 0 spiro atoms. The van der Waals surface area contributed by atoms with E-state index < -0.39 is 6.04 Å². The third-order valence-electron chi connectivity index (χ3n) is 7.12. The molecule has 1 aromatic heterocycles. The molecule has 0 unspecified atom stereocenters. The first-order chi connectivity index (χ1) is 15.6. The summed E-state index contributed by atoms with van der Waals surface area (Å²) < 4.78 is 0. The second-order valence-corrected chi connectivity index (χ2v) is 10.1. The lowest BCUT2D eigenvalue weighted by Crippen LogP contribution is -2.55. The topological polar surface area (TPSA) is 61.4 Å². The Bertz CT molecular complexity index is 908. The lowest BCUT2D eigenvalue weighted by molar-refractivity contribution is -0.139. The van der Waals surface area contributed by atoms with Gasteiger partial charge in [0, 0.05) is 11.4 Å². The van der Waals surface area contributed by atoms with Crippen LogP contribution in [0.25, 0.3) is 10.4 Å². The van der Waals surface area contributed by atoms with Crippen LogP contribution in [0.1, 0.15) is 63.5 Å². The predicted molar refractivity (Wildman–Crippen MR) is 130 cm³/mol. The van der Waals surface area contributed by atoms with Crippen molar-refractivity contribution < 1.29 is 9.59 Å². The van der Waals surface area contributed by atoms with E-state index in [-0.39, 0.29) is 29.8 Å². The van der Waals surface area contributed by atoms with E-state index in [1.54, 1.807) is 18.4 Å². The summed E-state index contributed by atoms with van der Waals surface area (Å²) in [4.78, 5) is 29.9. The van der Waals surface area contributed by atoms with Crippen molar-refractivity contribution in [2.45, 2.75) is 70.0 Å². The van der Waals surface area contributed by atoms with Crippen molar-refractivity contribution in [2.24, 2.45) is 5.92 Å². The molecule has 4 rings (SSSR count). The number of carbonyl (C=O) groups excluding carboxylic acids is 2. The molecule has 2 fully saturated rings. The molecule has 1 aliphatic carbocycles. The van der Waals surface area contributed by atoms with Crippen molar-refractivity contribution in [2.75, 3.05) is 13.6 Å². The Labute approximate surface area is 195 Å². The van der Waals surface area contributed by atoms with E-state index in [9.17, 15) is 9.59 Å². The Balaban J connectivity index is 1.57. The molecule has 32 heavy (non-hydrogen) atoms. The monoisotopic (exact) mass is 453 g/mol. The summed E-state index contributed by atoms with van der Waals surface area (Å²) in [7, 11) is 1.78. The van der Waals surface area contributed by atoms with Crippen LogP contribution in [0.4, 0.5) is 0 Å². The molecule has 1 saturated carbocycles. The van der Waals surface area contributed by atoms with Crippen molar-refractivity contribution in [1.29, 1.82) is 0 Å². The fourth-order valence-electron chi connectivity index (χ4n) is 5.16. The largest absolute Gasteiger partial charge is 0.343 e. The highest BCUT2D eigenvalue weighted by Gasteiger charge is 2.39. The van der Waals surface area contributed by atoms with Crippen LogP contribution in [-0.2, 0) is 9.59 Å². The summed E-state index contributed by atoms with van der Waals surface area (Å²) in [5, 5.41) is 8.22. The number of rotatable bonds is 7. The lowest BCUT2D eigenvalue weighted by atomic mass is 9.83. The maximum atomic E-state index is 13.9. The van der Waals surface area contributed by atoms with E-state index in [4.69, 9.17) is 0 Å². The van der Waals surface area contributed by atoms with Crippen LogP contribution >= 0.6 is 11.3 Å². The van der Waals surface area contributed by atoms with E-state index >= 15 is 0 Å². The van der Waals surface area contributed by atoms with E-state index in [1.165, 1.54) is 22.4 Å². The zero-order chi connectivity index (χ0) is 22.5. The number of hydrogen-bond acceptors (Lipinski definition) is 4. The van der Waals surface area contributed by atoms with Crippen LogP contribution in [0, 0.1) is 5.92 Å². The maximum Gasteiger partial charge on any atom is 0.245 e. The molecule has 2 aromatic rings. The van der Waals surface area contributed by atoms with Crippen LogP contribution < -0.4 is 10.6 Å². The van der Waals surface area contributed by atoms with Crippen molar-refractivity contribution in [3.63, 3.8) is 0 Å². The highest BCUT2D eigenvalue weighted by Crippen LogP contribution is 2.37. The molecule has 0 radical (unpaired) electrons. The zero-order valence-electron chi connectivity index (χ0n) is 19.2. The molecule has 5 nitrogen and oxygen atoms in total. The second kappa shape index (κ2) is 10.6. The number of thiophene rings is 1. The Morgan fingerprint density at radius 3 is 2.59 bits per heavy atom. The smallest absolute Gasteiger partial charge is 0.245 e. The van der Waals surface area contributed by atoms with Crippen LogP contribution in [0.3, 0.4) is 0 Å². The van der Waals surface area contributed by atoms with Crippen LogP contribution in [0.5, 0.6) is 0 Å². The Hall–Kier alpha value is -2.18. The van der Waals surface area contributed by atoms with Gasteiger partial charge in [-0.2, -0.15) is 0 Å². The van der Waals surface area contributed by atoms with E-state index in [1.807, 2.05) is 11.8 Å². The Morgan fingerprint density at radius 2 is 1.88 bits per heavy atom. The fourth-order valence-corrected chi connectivity index (χ4v) is 5.88. The quantitative estimate of drug-likeness (QED) is 0.636. The lowest BCUT2D eigenvalue weighted by Gasteiger charge is -2.35. The Morgan fingerprint density at radius 1 is 1.06 bits per heavy atom. The SMILES string of the molecule is CN[C@@H](C)C(=O)N[C@H](C(=O)N1CCC[C@@H]1c1cccc(-c2cccs2)c1)C1CCCCC1. The molecule has 172 valence electrons. The summed E-state index contributed by atoms with van der Waals surface area (Å²) in [6, 6.07) is 12.2. The van der Waals surface area contributed by atoms with E-state index in [0.717, 1.165) is 45.1 Å². The first kappa shape index (κ1) is 23.0. The summed E-state index contributed by atoms with van der Waals surface area (Å²) >= 11 is 1.74. The fraction of sp³-hybridized carbons (Fsp3) is 0.538. The molecule has 2 heterocycles. The molecular formula is C26H35N3O2S. The van der Waals surface area contributed by atoms with Crippen molar-refractivity contribution >= 4 is 23.2 Å². The Kier molecular flexibility index (Phi) is 7.63. The highest BCUT2D eigenvalue weighted by atomic mass is 32.1. The first-order valence-electron chi connectivity index (χ1n) is 12.0. The number of benzene rings is 1. The summed E-state index contributed by atoms with van der Waals surface area (Å²) in [5.74, 6) is 0.229. The van der Waals surface area contributed by atoms with Gasteiger partial charge in [0.1, 0.15) is 6.04 Å². The number of nitrogens with one attached hydrogen (secondary N) is 2. The average molecular weight is 454 g/mol. The molecule has 1 saturated heterocycles. The number of amides is 2. The zero-order valence-corrected chi connectivity index (χ0v) is 20.0. The summed E-state index contributed by atoms with van der Waals surface area (Å²) in [5.41, 5.74) is 2.40. The molecule has 0 bridgehead atoms. The maximum absolute atomic E-state index is 13.9. The number of likely N-dealkylation sites (tertiary alicyclic amines) is 1. The van der Waals surface area contributed by atoms with Crippen LogP contribution in [0.2, 0.25) is 0 Å². The van der Waals surface area contributed by atoms with Gasteiger partial charge >= 0.3 is 0 Å². The van der Waals surface area contributed by atoms with E-state index in [0.29, 0.717) is 0 Å². The molecule has 6 heteroatoms. The molecular weight excluding hydrogens is 418 g/mol. The van der Waals surface area contributed by atoms with Gasteiger partial charge < -0.3 is 15.5 Å². The molecule has 2 N–H and O–H groups in total. The minimum absolute atomic E-state index is 0.0760. The molecule has 1 aromatic carbocycles. The van der Waals surface area contributed by atoms with Crippen molar-refractivity contribution in [1.82, 2.24) is 15.5 Å². The van der Waals surface area contributed by atoms with Gasteiger partial charge in [-0.1, -0.05) is 43.5 Å². The van der Waals surface area contributed by atoms with Gasteiger partial charge in [-0.25, -0.2) is 0 Å². The summed E-state index contributed by atoms with van der Waals surface area (Å²) in [6.07, 6.45) is 7.49. The number of carbonyl (C=O) groups is 2. The summed E-state index contributed by atoms with van der Waals surface area (Å²) in [6.45, 7) is 2.60. The minimum Gasteiger partial charge on any atom is -0.343 e. The van der Waals surface area contributed by atoms with Gasteiger partial charge in [0.05, 0.1) is 12.1 Å². The normalized spacial score (nSPS) is 21.3. The highest BCUT2D eigenvalue weighted by molar-refractivity contribution is 7.13. The molecule has 2 amide bonds. The number of likely N-dealkylation sites (N-methyl/N-ethyl adjacent to an activating group) is 1. The second-order valence-electron chi connectivity index (χ2n) is 9.19. The van der Waals surface area contributed by atoms with E-state index in [2.05, 4.69) is 52.4 Å². The average Bonchev–Trinajstić information content (AvgIpc) is 3.55. The first-order valence-corrected chi connectivity index (χ1v) is 12.9. The van der Waals surface area contributed by atoms with Gasteiger partial charge in [0.25, 0.3) is 0 Å².